The van der Waals surface area contributed by atoms with Gasteiger partial charge in [-0.25, -0.2) is 0 Å². The molecule has 17 heavy (non-hydrogen) atoms. The summed E-state index contributed by atoms with van der Waals surface area (Å²) in [4.78, 5) is 0. The molecule has 1 aromatic rings. The first kappa shape index (κ1) is 14.5. The second-order valence-corrected chi connectivity index (χ2v) is 5.36. The number of hydrogen-bond acceptors (Lipinski definition) is 2. The highest BCUT2D eigenvalue weighted by molar-refractivity contribution is 5.85. The summed E-state index contributed by atoms with van der Waals surface area (Å²) in [7, 11) is 0. The molecule has 0 bridgehead atoms. The van der Waals surface area contributed by atoms with E-state index in [1.807, 2.05) is 18.2 Å². The van der Waals surface area contributed by atoms with E-state index in [4.69, 9.17) is 10.5 Å². The van der Waals surface area contributed by atoms with Gasteiger partial charge in [0.2, 0.25) is 0 Å². The van der Waals surface area contributed by atoms with Crippen LogP contribution in [-0.2, 0) is 11.3 Å². The van der Waals surface area contributed by atoms with E-state index in [0.717, 1.165) is 13.0 Å². The van der Waals surface area contributed by atoms with Gasteiger partial charge in [-0.15, -0.1) is 12.4 Å². The standard InChI is InChI=1S/C14H21NO.ClH/c1-14(2)12(8-13(14)15)10-16-9-11-6-4-3-5-7-11;/h3-7,12-13H,8-10,15H2,1-2H3;1H. The van der Waals surface area contributed by atoms with Gasteiger partial charge in [0.05, 0.1) is 13.2 Å². The minimum Gasteiger partial charge on any atom is -0.376 e. The molecule has 0 saturated heterocycles. The van der Waals surface area contributed by atoms with Gasteiger partial charge in [0.15, 0.2) is 0 Å². The van der Waals surface area contributed by atoms with Crippen LogP contribution < -0.4 is 5.73 Å². The largest absolute Gasteiger partial charge is 0.376 e. The lowest BCUT2D eigenvalue weighted by Gasteiger charge is -2.50. The van der Waals surface area contributed by atoms with Gasteiger partial charge in [-0.1, -0.05) is 44.2 Å². The monoisotopic (exact) mass is 255 g/mol. The van der Waals surface area contributed by atoms with E-state index in [2.05, 4.69) is 26.0 Å². The van der Waals surface area contributed by atoms with E-state index in [1.54, 1.807) is 0 Å². The van der Waals surface area contributed by atoms with Crippen LogP contribution in [0.25, 0.3) is 0 Å². The third-order valence-electron chi connectivity index (χ3n) is 3.98. The van der Waals surface area contributed by atoms with Crippen LogP contribution in [0.1, 0.15) is 25.8 Å². The normalized spacial score (nSPS) is 25.8. The summed E-state index contributed by atoms with van der Waals surface area (Å²) in [5, 5.41) is 0. The Hall–Kier alpha value is -0.570. The fraction of sp³-hybridized carbons (Fsp3) is 0.571. The Bertz CT molecular complexity index is 339. The highest BCUT2D eigenvalue weighted by Gasteiger charge is 2.45. The highest BCUT2D eigenvalue weighted by Crippen LogP contribution is 2.44. The molecule has 0 radical (unpaired) electrons. The molecule has 0 heterocycles. The summed E-state index contributed by atoms with van der Waals surface area (Å²) >= 11 is 0. The van der Waals surface area contributed by atoms with Crippen molar-refractivity contribution >= 4 is 12.4 Å². The Kier molecular flexibility index (Phi) is 4.99. The zero-order valence-electron chi connectivity index (χ0n) is 10.6. The molecule has 2 atom stereocenters. The minimum atomic E-state index is 0. The van der Waals surface area contributed by atoms with Gasteiger partial charge < -0.3 is 10.5 Å². The van der Waals surface area contributed by atoms with Crippen molar-refractivity contribution in [2.75, 3.05) is 6.61 Å². The van der Waals surface area contributed by atoms with E-state index in [0.29, 0.717) is 18.6 Å². The molecular formula is C14H22ClNO. The summed E-state index contributed by atoms with van der Waals surface area (Å²) in [6.07, 6.45) is 1.10. The first-order valence-corrected chi connectivity index (χ1v) is 5.98. The second kappa shape index (κ2) is 5.85. The van der Waals surface area contributed by atoms with Crippen molar-refractivity contribution in [2.45, 2.75) is 32.9 Å². The number of halogens is 1. The van der Waals surface area contributed by atoms with Crippen LogP contribution in [0.15, 0.2) is 30.3 Å². The van der Waals surface area contributed by atoms with E-state index >= 15 is 0 Å². The molecular weight excluding hydrogens is 234 g/mol. The molecule has 0 aromatic heterocycles. The topological polar surface area (TPSA) is 35.2 Å². The van der Waals surface area contributed by atoms with Crippen LogP contribution in [0.2, 0.25) is 0 Å². The van der Waals surface area contributed by atoms with Crippen molar-refractivity contribution in [3.05, 3.63) is 35.9 Å². The van der Waals surface area contributed by atoms with Crippen molar-refractivity contribution in [1.29, 1.82) is 0 Å². The Balaban J connectivity index is 0.00000144. The van der Waals surface area contributed by atoms with Crippen LogP contribution in [-0.4, -0.2) is 12.6 Å². The summed E-state index contributed by atoms with van der Waals surface area (Å²) in [6, 6.07) is 10.6. The lowest BCUT2D eigenvalue weighted by Crippen LogP contribution is -2.55. The fourth-order valence-electron chi connectivity index (χ4n) is 2.23. The number of nitrogens with two attached hydrogens (primary N) is 1. The van der Waals surface area contributed by atoms with Crippen molar-refractivity contribution in [2.24, 2.45) is 17.1 Å². The summed E-state index contributed by atoms with van der Waals surface area (Å²) in [5.41, 5.74) is 7.46. The Morgan fingerprint density at radius 2 is 1.94 bits per heavy atom. The van der Waals surface area contributed by atoms with Gasteiger partial charge in [-0.2, -0.15) is 0 Å². The van der Waals surface area contributed by atoms with Crippen LogP contribution in [0, 0.1) is 11.3 Å². The van der Waals surface area contributed by atoms with Gasteiger partial charge in [0, 0.05) is 6.04 Å². The molecule has 1 fully saturated rings. The molecule has 1 aromatic carbocycles. The molecule has 2 unspecified atom stereocenters. The van der Waals surface area contributed by atoms with Crippen molar-refractivity contribution in [3.63, 3.8) is 0 Å². The average molecular weight is 256 g/mol. The van der Waals surface area contributed by atoms with E-state index in [1.165, 1.54) is 5.56 Å². The highest BCUT2D eigenvalue weighted by atomic mass is 35.5. The molecule has 1 saturated carbocycles. The van der Waals surface area contributed by atoms with Gasteiger partial charge in [0.1, 0.15) is 0 Å². The van der Waals surface area contributed by atoms with E-state index in [9.17, 15) is 0 Å². The molecule has 2 rings (SSSR count). The van der Waals surface area contributed by atoms with Crippen LogP contribution in [0.3, 0.4) is 0 Å². The third kappa shape index (κ3) is 3.21. The molecule has 3 heteroatoms. The van der Waals surface area contributed by atoms with Crippen molar-refractivity contribution in [3.8, 4) is 0 Å². The molecule has 1 aliphatic carbocycles. The van der Waals surface area contributed by atoms with Gasteiger partial charge >= 0.3 is 0 Å². The zero-order chi connectivity index (χ0) is 11.6. The van der Waals surface area contributed by atoms with E-state index in [-0.39, 0.29) is 17.8 Å². The lowest BCUT2D eigenvalue weighted by atomic mass is 9.59. The van der Waals surface area contributed by atoms with Crippen molar-refractivity contribution in [1.82, 2.24) is 0 Å². The third-order valence-corrected chi connectivity index (χ3v) is 3.98. The maximum atomic E-state index is 5.97. The number of rotatable bonds is 4. The summed E-state index contributed by atoms with van der Waals surface area (Å²) in [6.45, 7) is 6.01. The van der Waals surface area contributed by atoms with Crippen LogP contribution in [0.5, 0.6) is 0 Å². The fourth-order valence-corrected chi connectivity index (χ4v) is 2.23. The summed E-state index contributed by atoms with van der Waals surface area (Å²) < 4.78 is 5.75. The second-order valence-electron chi connectivity index (χ2n) is 5.36. The lowest BCUT2D eigenvalue weighted by molar-refractivity contribution is -0.0386. The molecule has 2 nitrogen and oxygen atoms in total. The van der Waals surface area contributed by atoms with Gasteiger partial charge in [0.25, 0.3) is 0 Å². The van der Waals surface area contributed by atoms with E-state index < -0.39 is 0 Å². The number of ether oxygens (including phenoxy) is 1. The molecule has 0 aliphatic heterocycles. The average Bonchev–Trinajstić information content (AvgIpc) is 2.29. The number of hydrogen-bond donors (Lipinski definition) is 1. The minimum absolute atomic E-state index is 0. The summed E-state index contributed by atoms with van der Waals surface area (Å²) in [5.74, 6) is 0.617. The maximum absolute atomic E-state index is 5.97. The predicted octanol–water partition coefficient (Wildman–Crippen LogP) is 3.00. The SMILES string of the molecule is CC1(C)C(N)CC1COCc1ccccc1.Cl. The Morgan fingerprint density at radius 1 is 1.29 bits per heavy atom. The quantitative estimate of drug-likeness (QED) is 0.898. The first-order valence-electron chi connectivity index (χ1n) is 5.98. The molecule has 1 aliphatic rings. The van der Waals surface area contributed by atoms with Crippen LogP contribution >= 0.6 is 12.4 Å². The molecule has 2 N–H and O–H groups in total. The smallest absolute Gasteiger partial charge is 0.0717 e. The zero-order valence-corrected chi connectivity index (χ0v) is 11.4. The predicted molar refractivity (Wildman–Crippen MR) is 73.2 cm³/mol. The Labute approximate surface area is 110 Å². The van der Waals surface area contributed by atoms with Gasteiger partial charge in [-0.05, 0) is 23.3 Å². The molecule has 0 amide bonds. The van der Waals surface area contributed by atoms with Gasteiger partial charge in [-0.3, -0.25) is 0 Å². The number of benzene rings is 1. The Morgan fingerprint density at radius 3 is 2.47 bits per heavy atom. The first-order chi connectivity index (χ1) is 7.60. The van der Waals surface area contributed by atoms with Crippen molar-refractivity contribution < 1.29 is 4.74 Å². The van der Waals surface area contributed by atoms with Crippen LogP contribution in [0.4, 0.5) is 0 Å². The molecule has 0 spiro atoms. The maximum Gasteiger partial charge on any atom is 0.0717 e. The molecule has 96 valence electrons.